The molecular formula is C10H8O2. The van der Waals surface area contributed by atoms with Gasteiger partial charge in [0.05, 0.1) is 0 Å². The summed E-state index contributed by atoms with van der Waals surface area (Å²) in [6.45, 7) is 0. The van der Waals surface area contributed by atoms with E-state index in [1.807, 2.05) is 6.07 Å². The summed E-state index contributed by atoms with van der Waals surface area (Å²) in [6, 6.07) is 8.80. The van der Waals surface area contributed by atoms with Crippen molar-refractivity contribution in [3.05, 3.63) is 48.0 Å². The van der Waals surface area contributed by atoms with Crippen LogP contribution >= 0.6 is 0 Å². The lowest BCUT2D eigenvalue weighted by Gasteiger charge is -1.91. The minimum absolute atomic E-state index is 0.150. The van der Waals surface area contributed by atoms with E-state index in [0.29, 0.717) is 11.8 Å². The maximum Gasteiger partial charge on any atom is 0.185 e. The number of ketones is 1. The Labute approximate surface area is 70.5 Å². The van der Waals surface area contributed by atoms with Crippen LogP contribution in [0.25, 0.3) is 0 Å². The number of rotatable bonds is 3. The van der Waals surface area contributed by atoms with Crippen LogP contribution in [0.1, 0.15) is 10.4 Å². The van der Waals surface area contributed by atoms with Crippen LogP contribution in [0.5, 0.6) is 0 Å². The van der Waals surface area contributed by atoms with Crippen molar-refractivity contribution in [3.8, 4) is 0 Å². The van der Waals surface area contributed by atoms with Crippen molar-refractivity contribution in [1.82, 2.24) is 0 Å². The minimum Gasteiger partial charge on any atom is -0.299 e. The lowest BCUT2D eigenvalue weighted by molar-refractivity contribution is -0.104. The van der Waals surface area contributed by atoms with Gasteiger partial charge in [0, 0.05) is 5.56 Å². The van der Waals surface area contributed by atoms with Gasteiger partial charge >= 0.3 is 0 Å². The van der Waals surface area contributed by atoms with Crippen molar-refractivity contribution >= 4 is 12.1 Å². The molecule has 0 radical (unpaired) electrons. The summed E-state index contributed by atoms with van der Waals surface area (Å²) in [6.07, 6.45) is 3.03. The normalized spacial score (nSPS) is 10.0. The van der Waals surface area contributed by atoms with Crippen molar-refractivity contribution < 1.29 is 9.59 Å². The Morgan fingerprint density at radius 2 is 1.83 bits per heavy atom. The first-order chi connectivity index (χ1) is 5.84. The predicted molar refractivity (Wildman–Crippen MR) is 46.0 cm³/mol. The molecule has 0 saturated carbocycles. The second kappa shape index (κ2) is 4.23. The first-order valence-corrected chi connectivity index (χ1v) is 3.56. The van der Waals surface area contributed by atoms with E-state index in [-0.39, 0.29) is 5.78 Å². The van der Waals surface area contributed by atoms with Crippen molar-refractivity contribution in [3.63, 3.8) is 0 Å². The zero-order valence-corrected chi connectivity index (χ0v) is 6.44. The van der Waals surface area contributed by atoms with Gasteiger partial charge in [0.1, 0.15) is 6.29 Å². The van der Waals surface area contributed by atoms with Gasteiger partial charge in [0.15, 0.2) is 5.78 Å². The molecule has 0 unspecified atom stereocenters. The van der Waals surface area contributed by atoms with Gasteiger partial charge in [-0.2, -0.15) is 0 Å². The Kier molecular flexibility index (Phi) is 2.96. The second-order valence-corrected chi connectivity index (χ2v) is 2.23. The number of carbonyl (C=O) groups is 2. The summed E-state index contributed by atoms with van der Waals surface area (Å²) in [5, 5.41) is 0. The van der Waals surface area contributed by atoms with Gasteiger partial charge < -0.3 is 0 Å². The molecule has 0 aliphatic heterocycles. The van der Waals surface area contributed by atoms with Crippen LogP contribution in [0, 0.1) is 0 Å². The summed E-state index contributed by atoms with van der Waals surface area (Å²) >= 11 is 0. The van der Waals surface area contributed by atoms with E-state index in [9.17, 15) is 9.59 Å². The van der Waals surface area contributed by atoms with Gasteiger partial charge in [0.2, 0.25) is 0 Å². The van der Waals surface area contributed by atoms with Crippen molar-refractivity contribution in [1.29, 1.82) is 0 Å². The molecule has 0 fully saturated rings. The summed E-state index contributed by atoms with van der Waals surface area (Å²) in [5.74, 6) is -0.150. The van der Waals surface area contributed by atoms with Crippen LogP contribution in [0.2, 0.25) is 0 Å². The van der Waals surface area contributed by atoms with Crippen LogP contribution in [0.4, 0.5) is 0 Å². The molecule has 0 N–H and O–H groups in total. The standard InChI is InChI=1S/C10H8O2/c11-8-4-7-10(12)9-5-2-1-3-6-9/h1-8H/b7-4-. The topological polar surface area (TPSA) is 34.1 Å². The third-order valence-corrected chi connectivity index (χ3v) is 1.38. The molecule has 0 heterocycles. The third-order valence-electron chi connectivity index (χ3n) is 1.38. The molecule has 60 valence electrons. The number of aldehydes is 1. The zero-order valence-electron chi connectivity index (χ0n) is 6.44. The molecule has 1 aromatic rings. The maximum absolute atomic E-state index is 11.2. The molecule has 2 heteroatoms. The molecule has 12 heavy (non-hydrogen) atoms. The van der Waals surface area contributed by atoms with E-state index in [0.717, 1.165) is 0 Å². The number of hydrogen-bond acceptors (Lipinski definition) is 2. The van der Waals surface area contributed by atoms with Crippen molar-refractivity contribution in [2.24, 2.45) is 0 Å². The molecule has 1 rings (SSSR count). The molecule has 0 spiro atoms. The summed E-state index contributed by atoms with van der Waals surface area (Å²) in [4.78, 5) is 21.1. The van der Waals surface area contributed by atoms with Crippen LogP contribution in [-0.2, 0) is 4.79 Å². The summed E-state index contributed by atoms with van der Waals surface area (Å²) < 4.78 is 0. The number of hydrogen-bond donors (Lipinski definition) is 0. The van der Waals surface area contributed by atoms with E-state index in [1.165, 1.54) is 12.2 Å². The molecule has 0 aliphatic carbocycles. The zero-order chi connectivity index (χ0) is 8.81. The fraction of sp³-hybridized carbons (Fsp3) is 0. The van der Waals surface area contributed by atoms with Gasteiger partial charge in [0.25, 0.3) is 0 Å². The van der Waals surface area contributed by atoms with Gasteiger partial charge in [-0.15, -0.1) is 0 Å². The Morgan fingerprint density at radius 3 is 2.42 bits per heavy atom. The first kappa shape index (κ1) is 8.40. The molecular weight excluding hydrogens is 152 g/mol. The molecule has 2 nitrogen and oxygen atoms in total. The van der Waals surface area contributed by atoms with Gasteiger partial charge in [-0.1, -0.05) is 30.3 Å². The Hall–Kier alpha value is -1.70. The largest absolute Gasteiger partial charge is 0.299 e. The number of benzene rings is 1. The van der Waals surface area contributed by atoms with E-state index < -0.39 is 0 Å². The highest BCUT2D eigenvalue weighted by Crippen LogP contribution is 1.99. The molecule has 0 aromatic heterocycles. The lowest BCUT2D eigenvalue weighted by atomic mass is 10.1. The Morgan fingerprint density at radius 1 is 1.17 bits per heavy atom. The summed E-state index contributed by atoms with van der Waals surface area (Å²) in [5.41, 5.74) is 0.593. The molecule has 0 bridgehead atoms. The van der Waals surface area contributed by atoms with Gasteiger partial charge in [-0.3, -0.25) is 9.59 Å². The molecule has 0 saturated heterocycles. The predicted octanol–water partition coefficient (Wildman–Crippen LogP) is 1.62. The fourth-order valence-corrected chi connectivity index (χ4v) is 0.825. The quantitative estimate of drug-likeness (QED) is 0.382. The second-order valence-electron chi connectivity index (χ2n) is 2.23. The fourth-order valence-electron chi connectivity index (χ4n) is 0.825. The highest BCUT2D eigenvalue weighted by Gasteiger charge is 1.97. The van der Waals surface area contributed by atoms with Crippen LogP contribution in [0.15, 0.2) is 42.5 Å². The average Bonchev–Trinajstić information content (AvgIpc) is 2.15. The maximum atomic E-state index is 11.2. The van der Waals surface area contributed by atoms with Gasteiger partial charge in [-0.05, 0) is 12.2 Å². The monoisotopic (exact) mass is 160 g/mol. The van der Waals surface area contributed by atoms with E-state index in [4.69, 9.17) is 0 Å². The molecule has 0 atom stereocenters. The van der Waals surface area contributed by atoms with Crippen LogP contribution in [-0.4, -0.2) is 12.1 Å². The first-order valence-electron chi connectivity index (χ1n) is 3.56. The van der Waals surface area contributed by atoms with Crippen molar-refractivity contribution in [2.45, 2.75) is 0 Å². The van der Waals surface area contributed by atoms with Crippen molar-refractivity contribution in [2.75, 3.05) is 0 Å². The van der Waals surface area contributed by atoms with Gasteiger partial charge in [-0.25, -0.2) is 0 Å². The third kappa shape index (κ3) is 2.16. The number of carbonyl (C=O) groups excluding carboxylic acids is 2. The molecule has 0 aliphatic rings. The average molecular weight is 160 g/mol. The van der Waals surface area contributed by atoms with E-state index in [1.54, 1.807) is 24.3 Å². The van der Waals surface area contributed by atoms with Crippen LogP contribution in [0.3, 0.4) is 0 Å². The SMILES string of the molecule is O=C/C=C\C(=O)c1ccccc1. The van der Waals surface area contributed by atoms with E-state index in [2.05, 4.69) is 0 Å². The lowest BCUT2D eigenvalue weighted by Crippen LogP contribution is -1.92. The van der Waals surface area contributed by atoms with Crippen LogP contribution < -0.4 is 0 Å². The summed E-state index contributed by atoms with van der Waals surface area (Å²) in [7, 11) is 0. The Bertz CT molecular complexity index is 299. The number of allylic oxidation sites excluding steroid dienone is 2. The highest BCUT2D eigenvalue weighted by atomic mass is 16.1. The molecule has 0 amide bonds. The Balaban J connectivity index is 2.79. The minimum atomic E-state index is -0.150. The highest BCUT2D eigenvalue weighted by molar-refractivity contribution is 6.05. The van der Waals surface area contributed by atoms with E-state index >= 15 is 0 Å². The smallest absolute Gasteiger partial charge is 0.185 e. The molecule has 1 aromatic carbocycles.